The number of hydrogen-bond donors (Lipinski definition) is 1. The molecule has 0 saturated heterocycles. The van der Waals surface area contributed by atoms with Crippen LogP contribution in [0.1, 0.15) is 23.5 Å². The molecule has 2 aromatic rings. The molecule has 0 aliphatic heterocycles. The van der Waals surface area contributed by atoms with Crippen molar-refractivity contribution in [1.29, 1.82) is 0 Å². The summed E-state index contributed by atoms with van der Waals surface area (Å²) in [5, 5.41) is 0. The normalized spacial score (nSPS) is 11.1. The number of aryl methyl sites for hydroxylation is 3. The Balaban J connectivity index is 2.54. The molecule has 0 spiro atoms. The summed E-state index contributed by atoms with van der Waals surface area (Å²) >= 11 is 0. The van der Waals surface area contributed by atoms with Crippen molar-refractivity contribution in [2.75, 3.05) is 6.54 Å². The molecule has 80 valence electrons. The lowest BCUT2D eigenvalue weighted by Gasteiger charge is -2.04. The zero-order valence-electron chi connectivity index (χ0n) is 9.33. The van der Waals surface area contributed by atoms with E-state index in [0.717, 1.165) is 30.9 Å². The van der Waals surface area contributed by atoms with Crippen molar-refractivity contribution in [1.82, 2.24) is 9.38 Å². The summed E-state index contributed by atoms with van der Waals surface area (Å²) in [4.78, 5) is 4.49. The first-order chi connectivity index (χ1) is 7.24. The van der Waals surface area contributed by atoms with Crippen molar-refractivity contribution in [3.05, 3.63) is 35.4 Å². The lowest BCUT2D eigenvalue weighted by atomic mass is 10.1. The van der Waals surface area contributed by atoms with E-state index in [4.69, 9.17) is 5.73 Å². The van der Waals surface area contributed by atoms with E-state index in [-0.39, 0.29) is 0 Å². The number of hydrogen-bond acceptors (Lipinski definition) is 2. The van der Waals surface area contributed by atoms with E-state index in [9.17, 15) is 0 Å². The fourth-order valence-electron chi connectivity index (χ4n) is 2.07. The van der Waals surface area contributed by atoms with Gasteiger partial charge in [-0.2, -0.15) is 0 Å². The molecule has 0 amide bonds. The van der Waals surface area contributed by atoms with Crippen molar-refractivity contribution in [2.45, 2.75) is 26.7 Å². The summed E-state index contributed by atoms with van der Waals surface area (Å²) < 4.78 is 2.15. The van der Waals surface area contributed by atoms with E-state index in [1.54, 1.807) is 0 Å². The first kappa shape index (κ1) is 10.2. The van der Waals surface area contributed by atoms with Gasteiger partial charge in [0, 0.05) is 6.20 Å². The molecular formula is C12H17N3. The highest BCUT2D eigenvalue weighted by atomic mass is 15.0. The van der Waals surface area contributed by atoms with Crippen LogP contribution in [0.25, 0.3) is 5.52 Å². The van der Waals surface area contributed by atoms with Crippen LogP contribution in [0.15, 0.2) is 18.3 Å². The largest absolute Gasteiger partial charge is 0.330 e. The smallest absolute Gasteiger partial charge is 0.110 e. The van der Waals surface area contributed by atoms with E-state index in [0.29, 0.717) is 0 Å². The van der Waals surface area contributed by atoms with Crippen LogP contribution in [-0.4, -0.2) is 15.9 Å². The second-order valence-electron chi connectivity index (χ2n) is 3.89. The van der Waals surface area contributed by atoms with Gasteiger partial charge in [0.05, 0.1) is 11.2 Å². The van der Waals surface area contributed by atoms with E-state index in [2.05, 4.69) is 34.6 Å². The molecule has 2 rings (SSSR count). The Morgan fingerprint density at radius 3 is 2.93 bits per heavy atom. The molecule has 3 nitrogen and oxygen atoms in total. The van der Waals surface area contributed by atoms with Gasteiger partial charge in [-0.15, -0.1) is 0 Å². The van der Waals surface area contributed by atoms with Crippen LogP contribution in [0.3, 0.4) is 0 Å². The molecular weight excluding hydrogens is 186 g/mol. The average Bonchev–Trinajstić information content (AvgIpc) is 2.53. The summed E-state index contributed by atoms with van der Waals surface area (Å²) in [6.07, 6.45) is 4.13. The van der Waals surface area contributed by atoms with Crippen molar-refractivity contribution in [3.8, 4) is 0 Å². The Kier molecular flexibility index (Phi) is 2.73. The zero-order valence-corrected chi connectivity index (χ0v) is 9.33. The summed E-state index contributed by atoms with van der Waals surface area (Å²) in [5.74, 6) is 1.05. The monoisotopic (exact) mass is 203 g/mol. The van der Waals surface area contributed by atoms with Crippen molar-refractivity contribution < 1.29 is 0 Å². The number of aromatic nitrogens is 2. The molecule has 0 aromatic carbocycles. The molecule has 0 saturated carbocycles. The second kappa shape index (κ2) is 4.03. The third-order valence-corrected chi connectivity index (χ3v) is 2.75. The Morgan fingerprint density at radius 1 is 1.40 bits per heavy atom. The maximum atomic E-state index is 5.54. The van der Waals surface area contributed by atoms with Crippen LogP contribution in [-0.2, 0) is 6.42 Å². The van der Waals surface area contributed by atoms with Crippen LogP contribution in [0, 0.1) is 13.8 Å². The molecule has 2 N–H and O–H groups in total. The van der Waals surface area contributed by atoms with Gasteiger partial charge >= 0.3 is 0 Å². The first-order valence-corrected chi connectivity index (χ1v) is 5.37. The van der Waals surface area contributed by atoms with Gasteiger partial charge in [-0.3, -0.25) is 0 Å². The van der Waals surface area contributed by atoms with Gasteiger partial charge in [0.2, 0.25) is 0 Å². The summed E-state index contributed by atoms with van der Waals surface area (Å²) in [7, 11) is 0. The predicted octanol–water partition coefficient (Wildman–Crippen LogP) is 1.84. The summed E-state index contributed by atoms with van der Waals surface area (Å²) in [6.45, 7) is 4.84. The molecule has 15 heavy (non-hydrogen) atoms. The highest BCUT2D eigenvalue weighted by Gasteiger charge is 2.07. The molecule has 0 aliphatic rings. The number of nitrogens with zero attached hydrogens (tertiary/aromatic N) is 2. The lowest BCUT2D eigenvalue weighted by Crippen LogP contribution is -2.01. The predicted molar refractivity (Wildman–Crippen MR) is 62.0 cm³/mol. The minimum absolute atomic E-state index is 0.743. The third-order valence-electron chi connectivity index (χ3n) is 2.75. The van der Waals surface area contributed by atoms with Gasteiger partial charge in [0.15, 0.2) is 0 Å². The highest BCUT2D eigenvalue weighted by molar-refractivity contribution is 5.59. The van der Waals surface area contributed by atoms with Gasteiger partial charge in [-0.05, 0) is 44.9 Å². The molecule has 0 unspecified atom stereocenters. The van der Waals surface area contributed by atoms with Crippen molar-refractivity contribution in [3.63, 3.8) is 0 Å². The quantitative estimate of drug-likeness (QED) is 0.827. The van der Waals surface area contributed by atoms with E-state index in [1.807, 2.05) is 6.92 Å². The maximum absolute atomic E-state index is 5.54. The van der Waals surface area contributed by atoms with Crippen molar-refractivity contribution in [2.24, 2.45) is 5.73 Å². The second-order valence-corrected chi connectivity index (χ2v) is 3.89. The van der Waals surface area contributed by atoms with E-state index >= 15 is 0 Å². The number of fused-ring (bicyclic) bond motifs is 1. The molecule has 0 atom stereocenters. The van der Waals surface area contributed by atoms with Gasteiger partial charge in [-0.1, -0.05) is 6.07 Å². The minimum atomic E-state index is 0.743. The van der Waals surface area contributed by atoms with Crippen molar-refractivity contribution >= 4 is 5.52 Å². The molecule has 2 heterocycles. The van der Waals surface area contributed by atoms with Gasteiger partial charge in [0.25, 0.3) is 0 Å². The Morgan fingerprint density at radius 2 is 2.20 bits per heavy atom. The highest BCUT2D eigenvalue weighted by Crippen LogP contribution is 2.18. The SMILES string of the molecule is Cc1nc(C)n2cccc(CCCN)c12. The average molecular weight is 203 g/mol. The Bertz CT molecular complexity index is 471. The van der Waals surface area contributed by atoms with Crippen LogP contribution in [0.4, 0.5) is 0 Å². The third kappa shape index (κ3) is 1.75. The molecule has 0 fully saturated rings. The van der Waals surface area contributed by atoms with Crippen LogP contribution < -0.4 is 5.73 Å². The molecule has 0 radical (unpaired) electrons. The number of pyridine rings is 1. The molecule has 3 heteroatoms. The minimum Gasteiger partial charge on any atom is -0.330 e. The van der Waals surface area contributed by atoms with Crippen LogP contribution >= 0.6 is 0 Å². The van der Waals surface area contributed by atoms with E-state index in [1.165, 1.54) is 11.1 Å². The Hall–Kier alpha value is -1.35. The fourth-order valence-corrected chi connectivity index (χ4v) is 2.07. The molecule has 0 aliphatic carbocycles. The zero-order chi connectivity index (χ0) is 10.8. The van der Waals surface area contributed by atoms with Gasteiger partial charge < -0.3 is 10.1 Å². The van der Waals surface area contributed by atoms with E-state index < -0.39 is 0 Å². The lowest BCUT2D eigenvalue weighted by molar-refractivity contribution is 0.832. The molecule has 0 bridgehead atoms. The van der Waals surface area contributed by atoms with Gasteiger partial charge in [0.1, 0.15) is 5.82 Å². The molecule has 2 aromatic heterocycles. The standard InChI is InChI=1S/C12H17N3/c1-9-12-11(5-3-7-13)6-4-8-15(12)10(2)14-9/h4,6,8H,3,5,7,13H2,1-2H3. The summed E-state index contributed by atoms with van der Waals surface area (Å²) in [5.41, 5.74) is 9.25. The number of rotatable bonds is 3. The number of imidazole rings is 1. The Labute approximate surface area is 89.9 Å². The maximum Gasteiger partial charge on any atom is 0.110 e. The number of nitrogens with two attached hydrogens (primary N) is 1. The van der Waals surface area contributed by atoms with Crippen LogP contribution in [0.5, 0.6) is 0 Å². The topological polar surface area (TPSA) is 43.3 Å². The van der Waals surface area contributed by atoms with Crippen LogP contribution in [0.2, 0.25) is 0 Å². The first-order valence-electron chi connectivity index (χ1n) is 5.37. The fraction of sp³-hybridized carbons (Fsp3) is 0.417. The van der Waals surface area contributed by atoms with Gasteiger partial charge in [-0.25, -0.2) is 4.98 Å². The summed E-state index contributed by atoms with van der Waals surface area (Å²) in [6, 6.07) is 4.24.